The number of hydrogen-bond donors (Lipinski definition) is 1. The Hall–Kier alpha value is -1.17. The molecule has 5 nitrogen and oxygen atoms in total. The highest BCUT2D eigenvalue weighted by atomic mass is 32.1. The molecule has 0 atom stereocenters. The molecule has 6 heteroatoms. The highest BCUT2D eigenvalue weighted by Gasteiger charge is 2.06. The van der Waals surface area contributed by atoms with Crippen LogP contribution in [0.1, 0.15) is 5.82 Å². The van der Waals surface area contributed by atoms with Crippen molar-refractivity contribution in [1.82, 2.24) is 14.3 Å². The summed E-state index contributed by atoms with van der Waals surface area (Å²) in [6.45, 7) is 1.78. The van der Waals surface area contributed by atoms with E-state index in [0.717, 1.165) is 0 Å². The highest BCUT2D eigenvalue weighted by molar-refractivity contribution is 7.09. The lowest BCUT2D eigenvalue weighted by Gasteiger charge is -2.08. The normalized spacial score (nSPS) is 9.58. The number of nitrogens with one attached hydrogen (secondary N) is 1. The Balaban J connectivity index is 2.58. The van der Waals surface area contributed by atoms with Gasteiger partial charge in [-0.05, 0) is 6.92 Å². The van der Waals surface area contributed by atoms with E-state index in [9.17, 15) is 4.79 Å². The molecule has 66 valence electrons. The topological polar surface area (TPSA) is 58.1 Å². The highest BCUT2D eigenvalue weighted by Crippen LogP contribution is 2.09. The molecule has 1 aromatic rings. The first kappa shape index (κ1) is 8.92. The summed E-state index contributed by atoms with van der Waals surface area (Å²) < 4.78 is 3.93. The number of aromatic nitrogens is 2. The Morgan fingerprint density at radius 3 is 2.67 bits per heavy atom. The standard InChI is InChI=1S/C6H10N4OS/c1-4-7-5(12-9-4)8-6(11)10(2)3/h1-3H3,(H,7,8,9,11). The second kappa shape index (κ2) is 3.48. The second-order valence-corrected chi connectivity index (χ2v) is 3.22. The molecule has 0 aliphatic carbocycles. The lowest BCUT2D eigenvalue weighted by atomic mass is 10.7. The molecular weight excluding hydrogens is 176 g/mol. The van der Waals surface area contributed by atoms with Gasteiger partial charge in [0.1, 0.15) is 5.82 Å². The third-order valence-electron chi connectivity index (χ3n) is 1.15. The molecular formula is C6H10N4OS. The zero-order chi connectivity index (χ0) is 9.14. The van der Waals surface area contributed by atoms with E-state index in [1.807, 2.05) is 0 Å². The summed E-state index contributed by atoms with van der Waals surface area (Å²) in [5.74, 6) is 0.675. The van der Waals surface area contributed by atoms with Crippen molar-refractivity contribution in [3.8, 4) is 0 Å². The predicted octanol–water partition coefficient (Wildman–Crippen LogP) is 0.940. The van der Waals surface area contributed by atoms with Gasteiger partial charge in [0.25, 0.3) is 0 Å². The molecule has 1 rings (SSSR count). The van der Waals surface area contributed by atoms with E-state index in [-0.39, 0.29) is 6.03 Å². The van der Waals surface area contributed by atoms with E-state index in [4.69, 9.17) is 0 Å². The zero-order valence-electron chi connectivity index (χ0n) is 7.16. The van der Waals surface area contributed by atoms with Gasteiger partial charge in [-0.2, -0.15) is 4.37 Å². The number of urea groups is 1. The van der Waals surface area contributed by atoms with E-state index in [1.165, 1.54) is 16.4 Å². The van der Waals surface area contributed by atoms with Crippen LogP contribution in [0.5, 0.6) is 0 Å². The number of carbonyl (C=O) groups is 1. The van der Waals surface area contributed by atoms with Crippen LogP contribution in [0.3, 0.4) is 0 Å². The minimum absolute atomic E-state index is 0.189. The van der Waals surface area contributed by atoms with Crippen molar-refractivity contribution < 1.29 is 4.79 Å². The summed E-state index contributed by atoms with van der Waals surface area (Å²) in [7, 11) is 3.34. The van der Waals surface area contributed by atoms with Crippen molar-refractivity contribution in [2.75, 3.05) is 19.4 Å². The van der Waals surface area contributed by atoms with Crippen LogP contribution in [0.2, 0.25) is 0 Å². The first-order valence-corrected chi connectivity index (χ1v) is 4.15. The Morgan fingerprint density at radius 2 is 2.25 bits per heavy atom. The predicted molar refractivity (Wildman–Crippen MR) is 47.4 cm³/mol. The molecule has 0 bridgehead atoms. The van der Waals surface area contributed by atoms with Crippen LogP contribution in [0, 0.1) is 6.92 Å². The van der Waals surface area contributed by atoms with Gasteiger partial charge in [-0.1, -0.05) is 0 Å². The minimum Gasteiger partial charge on any atom is -0.331 e. The summed E-state index contributed by atoms with van der Waals surface area (Å²) in [6.07, 6.45) is 0. The maximum Gasteiger partial charge on any atom is 0.323 e. The number of rotatable bonds is 1. The minimum atomic E-state index is -0.189. The molecule has 0 unspecified atom stereocenters. The van der Waals surface area contributed by atoms with Crippen LogP contribution < -0.4 is 5.32 Å². The third-order valence-corrected chi connectivity index (χ3v) is 1.87. The molecule has 1 N–H and O–H groups in total. The molecule has 0 aromatic carbocycles. The first-order chi connectivity index (χ1) is 5.59. The third kappa shape index (κ3) is 2.16. The SMILES string of the molecule is Cc1nsc(NC(=O)N(C)C)n1. The Bertz CT molecular complexity index is 283. The molecule has 12 heavy (non-hydrogen) atoms. The molecule has 0 saturated carbocycles. The van der Waals surface area contributed by atoms with Crippen LogP contribution >= 0.6 is 11.5 Å². The van der Waals surface area contributed by atoms with E-state index in [2.05, 4.69) is 14.7 Å². The summed E-state index contributed by atoms with van der Waals surface area (Å²) in [4.78, 5) is 16.5. The average Bonchev–Trinajstić information content (AvgIpc) is 2.35. The van der Waals surface area contributed by atoms with Gasteiger partial charge in [-0.25, -0.2) is 9.78 Å². The van der Waals surface area contributed by atoms with Gasteiger partial charge >= 0.3 is 6.03 Å². The molecule has 0 aliphatic rings. The van der Waals surface area contributed by atoms with E-state index < -0.39 is 0 Å². The maximum atomic E-state index is 11.1. The molecule has 0 fully saturated rings. The fourth-order valence-corrected chi connectivity index (χ4v) is 1.12. The molecule has 1 heterocycles. The fourth-order valence-electron chi connectivity index (χ4n) is 0.551. The Labute approximate surface area is 74.6 Å². The van der Waals surface area contributed by atoms with Crippen molar-refractivity contribution in [2.24, 2.45) is 0 Å². The van der Waals surface area contributed by atoms with Gasteiger partial charge < -0.3 is 4.90 Å². The van der Waals surface area contributed by atoms with Crippen LogP contribution in [-0.4, -0.2) is 34.4 Å². The summed E-state index contributed by atoms with van der Waals surface area (Å²) in [5, 5.41) is 3.13. The summed E-state index contributed by atoms with van der Waals surface area (Å²) in [6, 6.07) is -0.189. The van der Waals surface area contributed by atoms with Crippen molar-refractivity contribution in [2.45, 2.75) is 6.92 Å². The van der Waals surface area contributed by atoms with Crippen molar-refractivity contribution >= 4 is 22.7 Å². The monoisotopic (exact) mass is 186 g/mol. The average molecular weight is 186 g/mol. The molecule has 1 aromatic heterocycles. The number of hydrogen-bond acceptors (Lipinski definition) is 4. The summed E-state index contributed by atoms with van der Waals surface area (Å²) in [5.41, 5.74) is 0. The van der Waals surface area contributed by atoms with Gasteiger partial charge in [0.2, 0.25) is 5.13 Å². The lowest BCUT2D eigenvalue weighted by Crippen LogP contribution is -2.27. The Kier molecular flexibility index (Phi) is 2.59. The quantitative estimate of drug-likeness (QED) is 0.710. The van der Waals surface area contributed by atoms with Gasteiger partial charge in [0.05, 0.1) is 0 Å². The van der Waals surface area contributed by atoms with Crippen molar-refractivity contribution in [3.63, 3.8) is 0 Å². The van der Waals surface area contributed by atoms with Crippen LogP contribution in [0.15, 0.2) is 0 Å². The van der Waals surface area contributed by atoms with Gasteiger partial charge in [-0.15, -0.1) is 0 Å². The first-order valence-electron chi connectivity index (χ1n) is 3.38. The van der Waals surface area contributed by atoms with E-state index >= 15 is 0 Å². The van der Waals surface area contributed by atoms with Gasteiger partial charge in [0.15, 0.2) is 0 Å². The zero-order valence-corrected chi connectivity index (χ0v) is 7.97. The molecule has 0 saturated heterocycles. The second-order valence-electron chi connectivity index (χ2n) is 2.47. The molecule has 0 spiro atoms. The van der Waals surface area contributed by atoms with Crippen LogP contribution in [0.25, 0.3) is 0 Å². The van der Waals surface area contributed by atoms with Crippen LogP contribution in [-0.2, 0) is 0 Å². The van der Waals surface area contributed by atoms with Gasteiger partial charge in [-0.3, -0.25) is 5.32 Å². The Morgan fingerprint density at radius 1 is 1.58 bits per heavy atom. The van der Waals surface area contributed by atoms with Crippen LogP contribution in [0.4, 0.5) is 9.93 Å². The molecule has 0 aliphatic heterocycles. The number of amides is 2. The number of anilines is 1. The maximum absolute atomic E-state index is 11.1. The fraction of sp³-hybridized carbons (Fsp3) is 0.500. The number of aryl methyl sites for hydroxylation is 1. The summed E-state index contributed by atoms with van der Waals surface area (Å²) >= 11 is 1.18. The molecule has 2 amide bonds. The van der Waals surface area contributed by atoms with E-state index in [1.54, 1.807) is 21.0 Å². The number of carbonyl (C=O) groups excluding carboxylic acids is 1. The lowest BCUT2D eigenvalue weighted by molar-refractivity contribution is 0.230. The van der Waals surface area contributed by atoms with Crippen molar-refractivity contribution in [1.29, 1.82) is 0 Å². The smallest absolute Gasteiger partial charge is 0.323 e. The van der Waals surface area contributed by atoms with Gasteiger partial charge in [0, 0.05) is 25.6 Å². The number of nitrogens with zero attached hydrogens (tertiary/aromatic N) is 3. The largest absolute Gasteiger partial charge is 0.331 e. The molecule has 0 radical (unpaired) electrons. The van der Waals surface area contributed by atoms with Crippen molar-refractivity contribution in [3.05, 3.63) is 5.82 Å². The van der Waals surface area contributed by atoms with E-state index in [0.29, 0.717) is 11.0 Å².